The standard InChI is InChI=1S/C17H14F3N3O4S/c1-22-12(17(18,19)20)8-13(24)23(16(22)25)9-3-4-11-10(7-9)14(21-28-11)15-26-5-2-6-27-15/h3-4,7-8,15H,2,5-6H2,1H3. The Morgan fingerprint density at radius 3 is 2.57 bits per heavy atom. The number of nitrogens with zero attached hydrogens (tertiary/aromatic N) is 3. The summed E-state index contributed by atoms with van der Waals surface area (Å²) in [6.07, 6.45) is -4.71. The molecule has 1 aromatic carbocycles. The van der Waals surface area contributed by atoms with E-state index in [1.807, 2.05) is 0 Å². The van der Waals surface area contributed by atoms with Crippen LogP contribution in [-0.2, 0) is 22.7 Å². The number of halogens is 3. The quantitative estimate of drug-likeness (QED) is 0.646. The Labute approximate surface area is 159 Å². The van der Waals surface area contributed by atoms with Gasteiger partial charge in [-0.15, -0.1) is 0 Å². The van der Waals surface area contributed by atoms with Crippen molar-refractivity contribution in [3.63, 3.8) is 0 Å². The van der Waals surface area contributed by atoms with Gasteiger partial charge in [-0.3, -0.25) is 9.36 Å². The minimum Gasteiger partial charge on any atom is -0.347 e. The van der Waals surface area contributed by atoms with Gasteiger partial charge in [-0.2, -0.15) is 17.5 Å². The van der Waals surface area contributed by atoms with Gasteiger partial charge in [0.15, 0.2) is 0 Å². The van der Waals surface area contributed by atoms with Gasteiger partial charge in [0.25, 0.3) is 5.56 Å². The van der Waals surface area contributed by atoms with Crippen molar-refractivity contribution in [3.05, 3.63) is 56.5 Å². The lowest BCUT2D eigenvalue weighted by Gasteiger charge is -2.21. The Balaban J connectivity index is 1.87. The molecule has 1 fully saturated rings. The molecule has 0 saturated carbocycles. The fraction of sp³-hybridized carbons (Fsp3) is 0.353. The first-order valence-corrected chi connectivity index (χ1v) is 9.08. The number of alkyl halides is 3. The molecular formula is C17H14F3N3O4S. The first-order chi connectivity index (χ1) is 13.3. The molecule has 0 atom stereocenters. The van der Waals surface area contributed by atoms with Crippen molar-refractivity contribution >= 4 is 21.6 Å². The maximum Gasteiger partial charge on any atom is 0.431 e. The molecule has 7 nitrogen and oxygen atoms in total. The Morgan fingerprint density at radius 1 is 1.18 bits per heavy atom. The fourth-order valence-corrected chi connectivity index (χ4v) is 3.81. The van der Waals surface area contributed by atoms with Gasteiger partial charge in [0, 0.05) is 18.5 Å². The summed E-state index contributed by atoms with van der Waals surface area (Å²) in [4.78, 5) is 24.8. The van der Waals surface area contributed by atoms with E-state index in [1.165, 1.54) is 23.7 Å². The van der Waals surface area contributed by atoms with Crippen LogP contribution < -0.4 is 11.2 Å². The van der Waals surface area contributed by atoms with Crippen LogP contribution in [0.5, 0.6) is 0 Å². The lowest BCUT2D eigenvalue weighted by atomic mass is 10.2. The summed E-state index contributed by atoms with van der Waals surface area (Å²) < 4.78 is 56.4. The molecule has 4 rings (SSSR count). The van der Waals surface area contributed by atoms with Crippen LogP contribution >= 0.6 is 11.5 Å². The maximum absolute atomic E-state index is 13.0. The lowest BCUT2D eigenvalue weighted by Crippen LogP contribution is -2.40. The van der Waals surface area contributed by atoms with Crippen LogP contribution in [0.1, 0.15) is 24.1 Å². The fourth-order valence-electron chi connectivity index (χ4n) is 3.04. The van der Waals surface area contributed by atoms with Crippen LogP contribution in [0.3, 0.4) is 0 Å². The molecule has 0 radical (unpaired) electrons. The van der Waals surface area contributed by atoms with E-state index in [0.717, 1.165) is 18.2 Å². The van der Waals surface area contributed by atoms with E-state index in [0.29, 0.717) is 39.5 Å². The molecule has 1 saturated heterocycles. The zero-order valence-corrected chi connectivity index (χ0v) is 15.3. The molecule has 0 N–H and O–H groups in total. The highest BCUT2D eigenvalue weighted by Gasteiger charge is 2.35. The monoisotopic (exact) mass is 413 g/mol. The van der Waals surface area contributed by atoms with Crippen molar-refractivity contribution in [2.75, 3.05) is 13.2 Å². The summed E-state index contributed by atoms with van der Waals surface area (Å²) in [5, 5.41) is 0.614. The third-order valence-corrected chi connectivity index (χ3v) is 5.24. The molecule has 11 heteroatoms. The SMILES string of the molecule is Cn1c(C(F)(F)F)cc(=O)n(-c2ccc3snc(C4OCCCO4)c3c2)c1=O. The van der Waals surface area contributed by atoms with E-state index < -0.39 is 29.4 Å². The zero-order valence-electron chi connectivity index (χ0n) is 14.5. The average molecular weight is 413 g/mol. The third kappa shape index (κ3) is 3.15. The topological polar surface area (TPSA) is 75.3 Å². The van der Waals surface area contributed by atoms with E-state index in [9.17, 15) is 22.8 Å². The molecule has 3 heterocycles. The van der Waals surface area contributed by atoms with Gasteiger partial charge in [-0.1, -0.05) is 0 Å². The highest BCUT2D eigenvalue weighted by atomic mass is 32.1. The highest BCUT2D eigenvalue weighted by molar-refractivity contribution is 7.13. The summed E-state index contributed by atoms with van der Waals surface area (Å²) in [6.45, 7) is 1.03. The third-order valence-electron chi connectivity index (χ3n) is 4.40. The van der Waals surface area contributed by atoms with Crippen LogP contribution in [0.2, 0.25) is 0 Å². The van der Waals surface area contributed by atoms with Gasteiger partial charge in [-0.05, 0) is 36.2 Å². The van der Waals surface area contributed by atoms with Gasteiger partial charge in [-0.25, -0.2) is 9.36 Å². The molecule has 148 valence electrons. The lowest BCUT2D eigenvalue weighted by molar-refractivity contribution is -0.183. The number of fused-ring (bicyclic) bond motifs is 1. The minimum atomic E-state index is -4.81. The zero-order chi connectivity index (χ0) is 20.1. The summed E-state index contributed by atoms with van der Waals surface area (Å²) in [5.41, 5.74) is -2.80. The van der Waals surface area contributed by atoms with Crippen molar-refractivity contribution in [2.24, 2.45) is 7.05 Å². The van der Waals surface area contributed by atoms with Gasteiger partial charge >= 0.3 is 11.9 Å². The Morgan fingerprint density at radius 2 is 1.89 bits per heavy atom. The number of rotatable bonds is 2. The second kappa shape index (κ2) is 6.83. The van der Waals surface area contributed by atoms with E-state index in [1.54, 1.807) is 6.07 Å². The number of hydrogen-bond acceptors (Lipinski definition) is 6. The molecule has 0 aliphatic carbocycles. The molecule has 0 unspecified atom stereocenters. The molecule has 1 aliphatic rings. The normalized spacial score (nSPS) is 16.0. The molecule has 3 aromatic rings. The van der Waals surface area contributed by atoms with Gasteiger partial charge in [0.05, 0.1) is 23.6 Å². The van der Waals surface area contributed by atoms with E-state index in [2.05, 4.69) is 4.37 Å². The second-order valence-corrected chi connectivity index (χ2v) is 7.02. The van der Waals surface area contributed by atoms with E-state index in [-0.39, 0.29) is 5.69 Å². The smallest absolute Gasteiger partial charge is 0.347 e. The summed E-state index contributed by atoms with van der Waals surface area (Å²) in [5.74, 6) is 0. The van der Waals surface area contributed by atoms with Crippen LogP contribution in [0.4, 0.5) is 13.2 Å². The number of ether oxygens (including phenoxy) is 2. The van der Waals surface area contributed by atoms with E-state index >= 15 is 0 Å². The summed E-state index contributed by atoms with van der Waals surface area (Å²) in [7, 11) is 0.973. The molecule has 0 spiro atoms. The highest BCUT2D eigenvalue weighted by Crippen LogP contribution is 2.32. The molecule has 1 aliphatic heterocycles. The van der Waals surface area contributed by atoms with Crippen molar-refractivity contribution < 1.29 is 22.6 Å². The molecule has 0 bridgehead atoms. The number of aromatic nitrogens is 3. The predicted octanol–water partition coefficient (Wildman–Crippen LogP) is 2.60. The summed E-state index contributed by atoms with van der Waals surface area (Å²) >= 11 is 1.20. The molecule has 28 heavy (non-hydrogen) atoms. The molecule has 2 aromatic heterocycles. The van der Waals surface area contributed by atoms with Gasteiger partial charge in [0.2, 0.25) is 6.29 Å². The predicted molar refractivity (Wildman–Crippen MR) is 94.7 cm³/mol. The first-order valence-electron chi connectivity index (χ1n) is 8.30. The van der Waals surface area contributed by atoms with Gasteiger partial charge in [0.1, 0.15) is 11.4 Å². The summed E-state index contributed by atoms with van der Waals surface area (Å²) in [6, 6.07) is 5.08. The number of benzene rings is 1. The Kier molecular flexibility index (Phi) is 4.60. The first kappa shape index (κ1) is 18.8. The van der Waals surface area contributed by atoms with Gasteiger partial charge < -0.3 is 9.47 Å². The minimum absolute atomic E-state index is 0.143. The van der Waals surface area contributed by atoms with Crippen LogP contribution in [-0.4, -0.2) is 26.7 Å². The maximum atomic E-state index is 13.0. The molecule has 0 amide bonds. The largest absolute Gasteiger partial charge is 0.431 e. The van der Waals surface area contributed by atoms with Crippen LogP contribution in [0.25, 0.3) is 15.8 Å². The van der Waals surface area contributed by atoms with Crippen molar-refractivity contribution in [3.8, 4) is 5.69 Å². The van der Waals surface area contributed by atoms with Crippen molar-refractivity contribution in [2.45, 2.75) is 18.9 Å². The second-order valence-electron chi connectivity index (χ2n) is 6.22. The van der Waals surface area contributed by atoms with E-state index in [4.69, 9.17) is 9.47 Å². The molecular weight excluding hydrogens is 399 g/mol. The van der Waals surface area contributed by atoms with Crippen molar-refractivity contribution in [1.82, 2.24) is 13.5 Å². The van der Waals surface area contributed by atoms with Crippen LogP contribution in [0.15, 0.2) is 33.9 Å². The Hall–Kier alpha value is -2.50. The average Bonchev–Trinajstić information content (AvgIpc) is 3.08. The Bertz CT molecular complexity index is 1160. The number of hydrogen-bond donors (Lipinski definition) is 0. The van der Waals surface area contributed by atoms with Crippen molar-refractivity contribution in [1.29, 1.82) is 0 Å². The van der Waals surface area contributed by atoms with Crippen LogP contribution in [0, 0.1) is 0 Å².